The Balaban J connectivity index is 2.57. The first-order chi connectivity index (χ1) is 7.73. The van der Waals surface area contributed by atoms with Crippen molar-refractivity contribution in [2.75, 3.05) is 0 Å². The van der Waals surface area contributed by atoms with Gasteiger partial charge in [0.15, 0.2) is 0 Å². The van der Waals surface area contributed by atoms with E-state index in [9.17, 15) is 4.79 Å². The lowest BCUT2D eigenvalue weighted by molar-refractivity contribution is -0.124. The van der Waals surface area contributed by atoms with Gasteiger partial charge in [-0.05, 0) is 24.5 Å². The first-order valence-electron chi connectivity index (χ1n) is 5.88. The summed E-state index contributed by atoms with van der Waals surface area (Å²) < 4.78 is 2.06. The lowest BCUT2D eigenvalue weighted by atomic mass is 9.87. The average Bonchev–Trinajstić information content (AvgIpc) is 2.54. The normalized spacial score (nSPS) is 13.5. The maximum absolute atomic E-state index is 11.8. The van der Waals surface area contributed by atoms with Gasteiger partial charge in [-0.25, -0.2) is 0 Å². The standard InChI is InChI=1S/C13H23N3O/c1-9-6-7-10(16(9)5)8-15-12(17)11(14)13(2,3)4/h6-7,11H,8,14H2,1-5H3,(H,15,17)/t11-/m0/s1. The highest BCUT2D eigenvalue weighted by Crippen LogP contribution is 2.17. The summed E-state index contributed by atoms with van der Waals surface area (Å²) in [5.41, 5.74) is 7.92. The number of aromatic nitrogens is 1. The lowest BCUT2D eigenvalue weighted by Crippen LogP contribution is -2.48. The van der Waals surface area contributed by atoms with Crippen LogP contribution in [0.15, 0.2) is 12.1 Å². The first kappa shape index (κ1) is 13.8. The molecule has 1 amide bonds. The van der Waals surface area contributed by atoms with Crippen molar-refractivity contribution in [1.82, 2.24) is 9.88 Å². The van der Waals surface area contributed by atoms with Crippen LogP contribution in [-0.4, -0.2) is 16.5 Å². The van der Waals surface area contributed by atoms with Gasteiger partial charge in [-0.3, -0.25) is 4.79 Å². The average molecular weight is 237 g/mol. The minimum Gasteiger partial charge on any atom is -0.350 e. The summed E-state index contributed by atoms with van der Waals surface area (Å²) in [5, 5.41) is 2.87. The highest BCUT2D eigenvalue weighted by atomic mass is 16.2. The van der Waals surface area contributed by atoms with E-state index in [-0.39, 0.29) is 11.3 Å². The van der Waals surface area contributed by atoms with Crippen molar-refractivity contribution in [1.29, 1.82) is 0 Å². The van der Waals surface area contributed by atoms with Crippen molar-refractivity contribution in [3.8, 4) is 0 Å². The molecule has 1 heterocycles. The van der Waals surface area contributed by atoms with E-state index in [4.69, 9.17) is 5.73 Å². The molecular weight excluding hydrogens is 214 g/mol. The molecule has 0 saturated heterocycles. The third-order valence-electron chi connectivity index (χ3n) is 3.14. The summed E-state index contributed by atoms with van der Waals surface area (Å²) >= 11 is 0. The number of nitrogens with zero attached hydrogens (tertiary/aromatic N) is 1. The molecule has 0 unspecified atom stereocenters. The van der Waals surface area contributed by atoms with Crippen LogP contribution in [0.25, 0.3) is 0 Å². The quantitative estimate of drug-likeness (QED) is 0.833. The van der Waals surface area contributed by atoms with Crippen LogP contribution in [0.5, 0.6) is 0 Å². The Morgan fingerprint density at radius 3 is 2.47 bits per heavy atom. The van der Waals surface area contributed by atoms with Crippen LogP contribution >= 0.6 is 0 Å². The highest BCUT2D eigenvalue weighted by molar-refractivity contribution is 5.82. The van der Waals surface area contributed by atoms with Crippen molar-refractivity contribution in [2.24, 2.45) is 18.2 Å². The Morgan fingerprint density at radius 2 is 2.06 bits per heavy atom. The summed E-state index contributed by atoms with van der Waals surface area (Å²) in [4.78, 5) is 11.8. The summed E-state index contributed by atoms with van der Waals surface area (Å²) in [5.74, 6) is -0.101. The van der Waals surface area contributed by atoms with Crippen LogP contribution in [0.3, 0.4) is 0 Å². The number of hydrogen-bond donors (Lipinski definition) is 2. The molecule has 0 aliphatic rings. The van der Waals surface area contributed by atoms with Crippen molar-refractivity contribution >= 4 is 5.91 Å². The summed E-state index contributed by atoms with van der Waals surface area (Å²) in [6.07, 6.45) is 0. The van der Waals surface area contributed by atoms with Crippen LogP contribution in [0.4, 0.5) is 0 Å². The van der Waals surface area contributed by atoms with Gasteiger partial charge in [-0.15, -0.1) is 0 Å². The van der Waals surface area contributed by atoms with E-state index in [0.29, 0.717) is 6.54 Å². The molecule has 1 rings (SSSR count). The minimum atomic E-state index is -0.483. The van der Waals surface area contributed by atoms with Gasteiger partial charge in [0.2, 0.25) is 5.91 Å². The third-order valence-corrected chi connectivity index (χ3v) is 3.14. The molecule has 0 radical (unpaired) electrons. The molecule has 0 aliphatic heterocycles. The molecule has 0 aliphatic carbocycles. The van der Waals surface area contributed by atoms with Gasteiger partial charge in [0.25, 0.3) is 0 Å². The lowest BCUT2D eigenvalue weighted by Gasteiger charge is -2.25. The number of hydrogen-bond acceptors (Lipinski definition) is 2. The van der Waals surface area contributed by atoms with Crippen LogP contribution in [0.2, 0.25) is 0 Å². The Labute approximate surface area is 103 Å². The number of nitrogens with two attached hydrogens (primary N) is 1. The van der Waals surface area contributed by atoms with E-state index in [1.165, 1.54) is 5.69 Å². The molecule has 1 atom stereocenters. The Hall–Kier alpha value is -1.29. The van der Waals surface area contributed by atoms with E-state index in [1.54, 1.807) is 0 Å². The molecule has 0 spiro atoms. The molecule has 4 heteroatoms. The van der Waals surface area contributed by atoms with Crippen LogP contribution < -0.4 is 11.1 Å². The summed E-state index contributed by atoms with van der Waals surface area (Å²) in [6, 6.07) is 3.56. The first-order valence-corrected chi connectivity index (χ1v) is 5.88. The van der Waals surface area contributed by atoms with E-state index < -0.39 is 6.04 Å². The molecule has 0 aromatic carbocycles. The maximum Gasteiger partial charge on any atom is 0.237 e. The van der Waals surface area contributed by atoms with E-state index >= 15 is 0 Å². The van der Waals surface area contributed by atoms with Gasteiger partial charge in [-0.2, -0.15) is 0 Å². The van der Waals surface area contributed by atoms with Gasteiger partial charge < -0.3 is 15.6 Å². The third kappa shape index (κ3) is 3.33. The topological polar surface area (TPSA) is 60.1 Å². The maximum atomic E-state index is 11.8. The number of rotatable bonds is 3. The molecule has 0 saturated carbocycles. The number of carbonyl (C=O) groups excluding carboxylic acids is 1. The smallest absolute Gasteiger partial charge is 0.237 e. The molecule has 1 aromatic rings. The largest absolute Gasteiger partial charge is 0.350 e. The minimum absolute atomic E-state index is 0.101. The molecule has 17 heavy (non-hydrogen) atoms. The fraction of sp³-hybridized carbons (Fsp3) is 0.615. The Bertz CT molecular complexity index is 401. The molecule has 96 valence electrons. The molecule has 4 nitrogen and oxygen atoms in total. The molecule has 0 fully saturated rings. The predicted molar refractivity (Wildman–Crippen MR) is 69.4 cm³/mol. The molecular formula is C13H23N3O. The van der Waals surface area contributed by atoms with Crippen molar-refractivity contribution in [3.63, 3.8) is 0 Å². The number of amides is 1. The second kappa shape index (κ2) is 4.92. The number of aryl methyl sites for hydroxylation is 1. The molecule has 3 N–H and O–H groups in total. The second-order valence-electron chi connectivity index (χ2n) is 5.59. The predicted octanol–water partition coefficient (Wildman–Crippen LogP) is 1.32. The van der Waals surface area contributed by atoms with Crippen molar-refractivity contribution in [2.45, 2.75) is 40.3 Å². The molecule has 1 aromatic heterocycles. The van der Waals surface area contributed by atoms with E-state index in [1.807, 2.05) is 46.9 Å². The SMILES string of the molecule is Cc1ccc(CNC(=O)[C@H](N)C(C)(C)C)n1C. The Kier molecular flexibility index (Phi) is 3.98. The van der Waals surface area contributed by atoms with Gasteiger partial charge in [0, 0.05) is 18.4 Å². The zero-order valence-corrected chi connectivity index (χ0v) is 11.4. The van der Waals surface area contributed by atoms with Gasteiger partial charge >= 0.3 is 0 Å². The van der Waals surface area contributed by atoms with Crippen molar-refractivity contribution < 1.29 is 4.79 Å². The summed E-state index contributed by atoms with van der Waals surface area (Å²) in [6.45, 7) is 8.44. The zero-order valence-electron chi connectivity index (χ0n) is 11.4. The van der Waals surface area contributed by atoms with Crippen LogP contribution in [-0.2, 0) is 18.4 Å². The zero-order chi connectivity index (χ0) is 13.2. The van der Waals surface area contributed by atoms with E-state index in [0.717, 1.165) is 5.69 Å². The van der Waals surface area contributed by atoms with Gasteiger partial charge in [-0.1, -0.05) is 20.8 Å². The molecule has 0 bridgehead atoms. The van der Waals surface area contributed by atoms with Crippen molar-refractivity contribution in [3.05, 3.63) is 23.5 Å². The second-order valence-corrected chi connectivity index (χ2v) is 5.59. The van der Waals surface area contributed by atoms with Gasteiger partial charge in [0.05, 0.1) is 12.6 Å². The van der Waals surface area contributed by atoms with Gasteiger partial charge in [0.1, 0.15) is 0 Å². The fourth-order valence-corrected chi connectivity index (χ4v) is 1.53. The van der Waals surface area contributed by atoms with Crippen LogP contribution in [0, 0.1) is 12.3 Å². The number of nitrogens with one attached hydrogen (secondary N) is 1. The monoisotopic (exact) mass is 237 g/mol. The Morgan fingerprint density at radius 1 is 1.47 bits per heavy atom. The summed E-state index contributed by atoms with van der Waals surface area (Å²) in [7, 11) is 1.99. The number of carbonyl (C=O) groups is 1. The van der Waals surface area contributed by atoms with Crippen LogP contribution in [0.1, 0.15) is 32.2 Å². The highest BCUT2D eigenvalue weighted by Gasteiger charge is 2.27. The van der Waals surface area contributed by atoms with E-state index in [2.05, 4.69) is 9.88 Å². The fourth-order valence-electron chi connectivity index (χ4n) is 1.53.